The number of hydrogen-bond donors (Lipinski definition) is 3. The quantitative estimate of drug-likeness (QED) is 0.792. The minimum Gasteiger partial charge on any atom is -0.507 e. The summed E-state index contributed by atoms with van der Waals surface area (Å²) in [6.07, 6.45) is 1.04. The second-order valence-corrected chi connectivity index (χ2v) is 4.93. The predicted octanol–water partition coefficient (Wildman–Crippen LogP) is 1.55. The van der Waals surface area contributed by atoms with Gasteiger partial charge in [0.1, 0.15) is 11.5 Å². The Hall–Kier alpha value is -1.46. The van der Waals surface area contributed by atoms with Crippen LogP contribution in [0, 0.1) is 5.92 Å². The van der Waals surface area contributed by atoms with Gasteiger partial charge in [0.05, 0.1) is 12.7 Å². The summed E-state index contributed by atoms with van der Waals surface area (Å²) >= 11 is 0. The fraction of sp³-hybridized carbons (Fsp3) is 0.500. The second kappa shape index (κ2) is 7.36. The van der Waals surface area contributed by atoms with Crippen LogP contribution in [0.3, 0.4) is 0 Å². The van der Waals surface area contributed by atoms with Gasteiger partial charge in [-0.2, -0.15) is 0 Å². The SMILES string of the molecule is COc1ccc(O)c(C(=O)NC2CNCCC2C)c1.Cl. The minimum absolute atomic E-state index is 0. The topological polar surface area (TPSA) is 70.6 Å². The van der Waals surface area contributed by atoms with Gasteiger partial charge in [-0.25, -0.2) is 0 Å². The van der Waals surface area contributed by atoms with E-state index in [0.717, 1.165) is 19.5 Å². The molecule has 1 aliphatic heterocycles. The molecule has 6 heteroatoms. The molecule has 0 spiro atoms. The molecule has 3 N–H and O–H groups in total. The number of nitrogens with one attached hydrogen (secondary N) is 2. The van der Waals surface area contributed by atoms with Crippen LogP contribution in [0.25, 0.3) is 0 Å². The molecule has 112 valence electrons. The van der Waals surface area contributed by atoms with Crippen LogP contribution in [-0.4, -0.2) is 37.3 Å². The van der Waals surface area contributed by atoms with Gasteiger partial charge in [0, 0.05) is 12.6 Å². The van der Waals surface area contributed by atoms with Crippen molar-refractivity contribution in [2.45, 2.75) is 19.4 Å². The smallest absolute Gasteiger partial charge is 0.255 e. The molecule has 1 heterocycles. The molecule has 0 bridgehead atoms. The van der Waals surface area contributed by atoms with Crippen LogP contribution in [0.15, 0.2) is 18.2 Å². The van der Waals surface area contributed by atoms with Gasteiger partial charge in [-0.3, -0.25) is 4.79 Å². The molecule has 1 aliphatic rings. The lowest BCUT2D eigenvalue weighted by molar-refractivity contribution is 0.0912. The summed E-state index contributed by atoms with van der Waals surface area (Å²) in [5, 5.41) is 16.0. The van der Waals surface area contributed by atoms with Crippen LogP contribution in [0.1, 0.15) is 23.7 Å². The molecule has 5 nitrogen and oxygen atoms in total. The van der Waals surface area contributed by atoms with Crippen LogP contribution >= 0.6 is 12.4 Å². The molecular formula is C14H21ClN2O3. The first-order valence-electron chi connectivity index (χ1n) is 6.50. The number of carbonyl (C=O) groups is 1. The van der Waals surface area contributed by atoms with Crippen LogP contribution in [0.4, 0.5) is 0 Å². The summed E-state index contributed by atoms with van der Waals surface area (Å²) in [4.78, 5) is 12.2. The number of piperidine rings is 1. The van der Waals surface area contributed by atoms with Gasteiger partial charge in [-0.05, 0) is 37.1 Å². The van der Waals surface area contributed by atoms with Crippen molar-refractivity contribution in [3.05, 3.63) is 23.8 Å². The normalized spacial score (nSPS) is 21.7. The highest BCUT2D eigenvalue weighted by molar-refractivity contribution is 5.97. The van der Waals surface area contributed by atoms with E-state index < -0.39 is 0 Å². The van der Waals surface area contributed by atoms with Gasteiger partial charge in [0.15, 0.2) is 0 Å². The summed E-state index contributed by atoms with van der Waals surface area (Å²) in [6.45, 7) is 3.87. The Bertz CT molecular complexity index is 468. The molecule has 2 atom stereocenters. The lowest BCUT2D eigenvalue weighted by atomic mass is 9.94. The van der Waals surface area contributed by atoms with Gasteiger partial charge >= 0.3 is 0 Å². The zero-order valence-corrected chi connectivity index (χ0v) is 12.5. The van der Waals surface area contributed by atoms with Crippen molar-refractivity contribution in [2.75, 3.05) is 20.2 Å². The zero-order valence-electron chi connectivity index (χ0n) is 11.7. The number of halogens is 1. The summed E-state index contributed by atoms with van der Waals surface area (Å²) in [6, 6.07) is 4.73. The van der Waals surface area contributed by atoms with Gasteiger partial charge in [-0.1, -0.05) is 6.92 Å². The first-order valence-corrected chi connectivity index (χ1v) is 6.50. The third-order valence-corrected chi connectivity index (χ3v) is 3.59. The largest absolute Gasteiger partial charge is 0.507 e. The average molecular weight is 301 g/mol. The minimum atomic E-state index is -0.267. The monoisotopic (exact) mass is 300 g/mol. The van der Waals surface area contributed by atoms with E-state index in [1.165, 1.54) is 13.2 Å². The van der Waals surface area contributed by atoms with Crippen LogP contribution < -0.4 is 15.4 Å². The van der Waals surface area contributed by atoms with Crippen molar-refractivity contribution in [3.63, 3.8) is 0 Å². The van der Waals surface area contributed by atoms with E-state index >= 15 is 0 Å². The molecular weight excluding hydrogens is 280 g/mol. The van der Waals surface area contributed by atoms with E-state index in [1.54, 1.807) is 12.1 Å². The average Bonchev–Trinajstić information content (AvgIpc) is 2.42. The summed E-state index contributed by atoms with van der Waals surface area (Å²) in [5.41, 5.74) is 0.247. The van der Waals surface area contributed by atoms with Gasteiger partial charge in [0.25, 0.3) is 5.91 Å². The number of benzene rings is 1. The molecule has 2 rings (SSSR count). The molecule has 1 aromatic rings. The second-order valence-electron chi connectivity index (χ2n) is 4.93. The fourth-order valence-corrected chi connectivity index (χ4v) is 2.25. The van der Waals surface area contributed by atoms with Crippen molar-refractivity contribution in [1.82, 2.24) is 10.6 Å². The summed E-state index contributed by atoms with van der Waals surface area (Å²) in [7, 11) is 1.53. The van der Waals surface area contributed by atoms with Crippen molar-refractivity contribution in [2.24, 2.45) is 5.92 Å². The molecule has 1 amide bonds. The third-order valence-electron chi connectivity index (χ3n) is 3.59. The highest BCUT2D eigenvalue weighted by Crippen LogP contribution is 2.23. The summed E-state index contributed by atoms with van der Waals surface area (Å²) < 4.78 is 5.07. The van der Waals surface area contributed by atoms with E-state index in [-0.39, 0.29) is 35.7 Å². The Kier molecular flexibility index (Phi) is 6.10. The van der Waals surface area contributed by atoms with Crippen LogP contribution in [0.2, 0.25) is 0 Å². The Morgan fingerprint density at radius 2 is 2.25 bits per heavy atom. The molecule has 0 aliphatic carbocycles. The van der Waals surface area contributed by atoms with Crippen LogP contribution in [-0.2, 0) is 0 Å². The number of methoxy groups -OCH3 is 1. The highest BCUT2D eigenvalue weighted by atomic mass is 35.5. The Morgan fingerprint density at radius 1 is 1.50 bits per heavy atom. The first kappa shape index (κ1) is 16.6. The van der Waals surface area contributed by atoms with Crippen LogP contribution in [0.5, 0.6) is 11.5 Å². The number of ether oxygens (including phenoxy) is 1. The third kappa shape index (κ3) is 3.77. The maximum Gasteiger partial charge on any atom is 0.255 e. The Morgan fingerprint density at radius 3 is 2.90 bits per heavy atom. The van der Waals surface area contributed by atoms with Crippen molar-refractivity contribution >= 4 is 18.3 Å². The lowest BCUT2D eigenvalue weighted by Crippen LogP contribution is -2.50. The van der Waals surface area contributed by atoms with Gasteiger partial charge in [-0.15, -0.1) is 12.4 Å². The standard InChI is InChI=1S/C14H20N2O3.ClH/c1-9-5-6-15-8-12(9)16-14(18)11-7-10(19-2)3-4-13(11)17;/h3-4,7,9,12,15,17H,5-6,8H2,1-2H3,(H,16,18);1H. The maximum absolute atomic E-state index is 12.2. The van der Waals surface area contributed by atoms with E-state index in [0.29, 0.717) is 11.7 Å². The fourth-order valence-electron chi connectivity index (χ4n) is 2.25. The number of aromatic hydroxyl groups is 1. The predicted molar refractivity (Wildman–Crippen MR) is 79.8 cm³/mol. The van der Waals surface area contributed by atoms with Crippen molar-refractivity contribution in [1.29, 1.82) is 0 Å². The number of phenols is 1. The van der Waals surface area contributed by atoms with E-state index in [1.807, 2.05) is 0 Å². The van der Waals surface area contributed by atoms with E-state index in [4.69, 9.17) is 4.74 Å². The number of phenolic OH excluding ortho intramolecular Hbond substituents is 1. The Balaban J connectivity index is 0.00000200. The molecule has 2 unspecified atom stereocenters. The van der Waals surface area contributed by atoms with Crippen molar-refractivity contribution in [3.8, 4) is 11.5 Å². The zero-order chi connectivity index (χ0) is 13.8. The number of carbonyl (C=O) groups excluding carboxylic acids is 1. The molecule has 0 radical (unpaired) electrons. The molecule has 1 fully saturated rings. The number of rotatable bonds is 3. The van der Waals surface area contributed by atoms with Gasteiger partial charge < -0.3 is 20.5 Å². The molecule has 1 aromatic carbocycles. The number of amides is 1. The van der Waals surface area contributed by atoms with E-state index in [9.17, 15) is 9.90 Å². The summed E-state index contributed by atoms with van der Waals surface area (Å²) in [5.74, 6) is 0.683. The van der Waals surface area contributed by atoms with Gasteiger partial charge in [0.2, 0.25) is 0 Å². The molecule has 0 saturated carbocycles. The number of hydrogen-bond acceptors (Lipinski definition) is 4. The molecule has 20 heavy (non-hydrogen) atoms. The van der Waals surface area contributed by atoms with Crippen molar-refractivity contribution < 1.29 is 14.6 Å². The molecule has 1 saturated heterocycles. The molecule has 0 aromatic heterocycles. The van der Waals surface area contributed by atoms with E-state index in [2.05, 4.69) is 17.6 Å². The maximum atomic E-state index is 12.2. The first-order chi connectivity index (χ1) is 9.11. The lowest BCUT2D eigenvalue weighted by Gasteiger charge is -2.30. The highest BCUT2D eigenvalue weighted by Gasteiger charge is 2.24. The Labute approximate surface area is 125 Å².